The number of anilines is 4. The van der Waals surface area contributed by atoms with Crippen LogP contribution < -0.4 is 31.1 Å². The molecule has 15 heteroatoms. The first-order chi connectivity index (χ1) is 27.8. The van der Waals surface area contributed by atoms with Crippen LogP contribution in [0.3, 0.4) is 0 Å². The van der Waals surface area contributed by atoms with Gasteiger partial charge < -0.3 is 30.5 Å². The Kier molecular flexibility index (Phi) is 12.1. The first kappa shape index (κ1) is 39.0. The van der Waals surface area contributed by atoms with Crippen LogP contribution in [0.2, 0.25) is 0 Å². The van der Waals surface area contributed by atoms with Crippen LogP contribution in [0, 0.1) is 17.6 Å². The van der Waals surface area contributed by atoms with Gasteiger partial charge in [-0.1, -0.05) is 12.1 Å². The number of piperidine rings is 1. The largest absolute Gasteiger partial charge is 0.378 e. The molecule has 3 aromatic rings. The molecule has 4 N–H and O–H groups in total. The number of hydrogen-bond acceptors (Lipinski definition) is 11. The zero-order valence-electron chi connectivity index (χ0n) is 32.4. The number of hydrogen-bond donors (Lipinski definition) is 4. The molecule has 5 aliphatic rings. The minimum Gasteiger partial charge on any atom is -0.378 e. The monoisotopic (exact) mass is 785 g/mol. The lowest BCUT2D eigenvalue weighted by Crippen LogP contribution is -2.52. The molecule has 0 radical (unpaired) electrons. The second-order valence-corrected chi connectivity index (χ2v) is 16.1. The molecule has 4 heterocycles. The first-order valence-corrected chi connectivity index (χ1v) is 20.7. The Hall–Kier alpha value is -4.89. The molecule has 2 aromatic carbocycles. The molecule has 2 saturated carbocycles. The molecule has 57 heavy (non-hydrogen) atoms. The molecule has 3 amide bonds. The van der Waals surface area contributed by atoms with Gasteiger partial charge in [-0.25, -0.2) is 18.7 Å². The summed E-state index contributed by atoms with van der Waals surface area (Å²) in [6, 6.07) is 13.0. The Labute approximate surface area is 332 Å². The van der Waals surface area contributed by atoms with E-state index >= 15 is 4.39 Å². The van der Waals surface area contributed by atoms with Gasteiger partial charge in [-0.3, -0.25) is 24.6 Å². The van der Waals surface area contributed by atoms with E-state index in [1.54, 1.807) is 12.1 Å². The molecular formula is C42H53F2N9O4. The molecule has 3 saturated heterocycles. The average molecular weight is 786 g/mol. The molecule has 1 aromatic heterocycles. The number of halogens is 2. The van der Waals surface area contributed by atoms with Crippen molar-refractivity contribution in [3.05, 3.63) is 60.3 Å². The average Bonchev–Trinajstić information content (AvgIpc) is 3.24. The topological polar surface area (TPSA) is 144 Å². The summed E-state index contributed by atoms with van der Waals surface area (Å²) in [4.78, 5) is 52.5. The Morgan fingerprint density at radius 2 is 1.54 bits per heavy atom. The molecule has 0 bridgehead atoms. The van der Waals surface area contributed by atoms with E-state index < -0.39 is 11.9 Å². The van der Waals surface area contributed by atoms with Crippen LogP contribution in [0.15, 0.2) is 48.7 Å². The van der Waals surface area contributed by atoms with Gasteiger partial charge in [0, 0.05) is 86.7 Å². The van der Waals surface area contributed by atoms with E-state index in [9.17, 15) is 18.8 Å². The number of carbonyl (C=O) groups is 3. The van der Waals surface area contributed by atoms with E-state index in [0.29, 0.717) is 48.6 Å². The van der Waals surface area contributed by atoms with Crippen molar-refractivity contribution in [1.82, 2.24) is 25.5 Å². The highest BCUT2D eigenvalue weighted by Gasteiger charge is 2.33. The highest BCUT2D eigenvalue weighted by Crippen LogP contribution is 2.32. The number of aromatic nitrogens is 2. The maximum Gasteiger partial charge on any atom is 0.249 e. The van der Waals surface area contributed by atoms with Gasteiger partial charge in [-0.2, -0.15) is 0 Å². The fourth-order valence-corrected chi connectivity index (χ4v) is 9.11. The van der Waals surface area contributed by atoms with E-state index in [-0.39, 0.29) is 53.7 Å². The molecule has 8 rings (SSSR count). The summed E-state index contributed by atoms with van der Waals surface area (Å²) in [6.45, 7) is 6.08. The SMILES string of the molecule is O=C1CCC(Nc2ccc(N3CCN(C4CCC(NC(=O)[C@H]5CC[C@H](Nc6ncc(F)c(-c7cccc(N8CCOCC8)c7)n6)CC5)CC4)CC3)c(F)c2)C(=O)N1. The highest BCUT2D eigenvalue weighted by molar-refractivity contribution is 6.01. The van der Waals surface area contributed by atoms with Gasteiger partial charge in [0.05, 0.1) is 25.1 Å². The van der Waals surface area contributed by atoms with E-state index in [1.807, 2.05) is 24.3 Å². The van der Waals surface area contributed by atoms with E-state index in [2.05, 4.69) is 45.9 Å². The maximum absolute atomic E-state index is 15.2. The molecular weight excluding hydrogens is 733 g/mol. The molecule has 304 valence electrons. The molecule has 5 fully saturated rings. The number of rotatable bonds is 10. The molecule has 13 nitrogen and oxygen atoms in total. The van der Waals surface area contributed by atoms with E-state index in [1.165, 1.54) is 12.3 Å². The Morgan fingerprint density at radius 3 is 2.28 bits per heavy atom. The van der Waals surface area contributed by atoms with Crippen LogP contribution in [-0.2, 0) is 19.1 Å². The van der Waals surface area contributed by atoms with Gasteiger partial charge in [0.15, 0.2) is 5.82 Å². The van der Waals surface area contributed by atoms with Crippen LogP contribution in [-0.4, -0.2) is 109 Å². The quantitative estimate of drug-likeness (QED) is 0.213. The number of ether oxygens (including phenoxy) is 1. The lowest BCUT2D eigenvalue weighted by Gasteiger charge is -2.43. The van der Waals surface area contributed by atoms with Crippen molar-refractivity contribution in [2.24, 2.45) is 5.92 Å². The van der Waals surface area contributed by atoms with Crippen molar-refractivity contribution in [3.63, 3.8) is 0 Å². The maximum atomic E-state index is 15.2. The van der Waals surface area contributed by atoms with Gasteiger partial charge in [0.25, 0.3) is 0 Å². The zero-order chi connectivity index (χ0) is 39.3. The smallest absolute Gasteiger partial charge is 0.249 e. The van der Waals surface area contributed by atoms with Crippen LogP contribution in [0.4, 0.5) is 31.8 Å². The number of nitrogens with one attached hydrogen (secondary N) is 4. The fourth-order valence-electron chi connectivity index (χ4n) is 9.11. The summed E-state index contributed by atoms with van der Waals surface area (Å²) in [5, 5.41) is 12.1. The van der Waals surface area contributed by atoms with Crippen molar-refractivity contribution >= 4 is 40.7 Å². The number of piperazine rings is 1. The summed E-state index contributed by atoms with van der Waals surface area (Å²) < 4.78 is 35.7. The predicted octanol–water partition coefficient (Wildman–Crippen LogP) is 4.70. The van der Waals surface area contributed by atoms with Crippen molar-refractivity contribution in [2.45, 2.75) is 88.4 Å². The third-order valence-corrected chi connectivity index (χ3v) is 12.4. The zero-order valence-corrected chi connectivity index (χ0v) is 32.4. The number of morpholine rings is 1. The first-order valence-electron chi connectivity index (χ1n) is 20.7. The number of nitrogens with zero attached hydrogens (tertiary/aromatic N) is 5. The fraction of sp³-hybridized carbons (Fsp3) is 0.548. The van der Waals surface area contributed by atoms with Crippen molar-refractivity contribution < 1.29 is 27.9 Å². The molecule has 3 aliphatic heterocycles. The number of imide groups is 1. The Bertz CT molecular complexity index is 1910. The Morgan fingerprint density at radius 1 is 0.789 bits per heavy atom. The molecule has 2 aliphatic carbocycles. The van der Waals surface area contributed by atoms with Gasteiger partial charge in [-0.05, 0) is 88.1 Å². The van der Waals surface area contributed by atoms with Crippen LogP contribution in [0.1, 0.15) is 64.2 Å². The number of amides is 3. The van der Waals surface area contributed by atoms with E-state index in [4.69, 9.17) is 4.74 Å². The number of benzene rings is 2. The molecule has 1 unspecified atom stereocenters. The Balaban J connectivity index is 0.750. The van der Waals surface area contributed by atoms with Gasteiger partial charge >= 0.3 is 0 Å². The van der Waals surface area contributed by atoms with Crippen LogP contribution >= 0.6 is 0 Å². The minimum absolute atomic E-state index is 0.0239. The third kappa shape index (κ3) is 9.47. The molecule has 0 spiro atoms. The summed E-state index contributed by atoms with van der Waals surface area (Å²) >= 11 is 0. The van der Waals surface area contributed by atoms with Crippen molar-refractivity contribution in [2.75, 3.05) is 72.9 Å². The normalized spacial score (nSPS) is 26.1. The van der Waals surface area contributed by atoms with E-state index in [0.717, 1.165) is 96.3 Å². The standard InChI is InChI=1S/C42H53F2N9O4/c43-34-25-31(46-36-13-15-38(54)49-41(36)56)10-14-37(34)53-18-16-51(17-19-53)32-11-8-29(9-12-32)47-40(55)27-4-6-30(7-5-27)48-42-45-26-35(44)39(50-42)28-2-1-3-33(24-28)52-20-22-57-23-21-52/h1-3,10,14,24-27,29-30,32,36,46H,4-9,11-13,15-23H2,(H,47,55)(H,45,48,50)(H,49,54,56)/t27-,29?,30-,32?,36?. The van der Waals surface area contributed by atoms with Crippen molar-refractivity contribution in [3.8, 4) is 11.3 Å². The van der Waals surface area contributed by atoms with Gasteiger partial charge in [0.2, 0.25) is 23.7 Å². The van der Waals surface area contributed by atoms with Crippen LogP contribution in [0.5, 0.6) is 0 Å². The number of carbonyl (C=O) groups excluding carboxylic acids is 3. The van der Waals surface area contributed by atoms with Gasteiger partial charge in [-0.15, -0.1) is 0 Å². The highest BCUT2D eigenvalue weighted by atomic mass is 19.1. The minimum atomic E-state index is -0.556. The lowest BCUT2D eigenvalue weighted by molar-refractivity contribution is -0.133. The predicted molar refractivity (Wildman–Crippen MR) is 214 cm³/mol. The summed E-state index contributed by atoms with van der Waals surface area (Å²) in [7, 11) is 0. The lowest BCUT2D eigenvalue weighted by atomic mass is 9.84. The second kappa shape index (κ2) is 17.7. The summed E-state index contributed by atoms with van der Waals surface area (Å²) in [5.41, 5.74) is 3.07. The molecule has 1 atom stereocenters. The van der Waals surface area contributed by atoms with Gasteiger partial charge in [0.1, 0.15) is 17.6 Å². The summed E-state index contributed by atoms with van der Waals surface area (Å²) in [6.07, 6.45) is 8.99. The third-order valence-electron chi connectivity index (χ3n) is 12.4. The van der Waals surface area contributed by atoms with Crippen LogP contribution in [0.25, 0.3) is 11.3 Å². The second-order valence-electron chi connectivity index (χ2n) is 16.1. The summed E-state index contributed by atoms with van der Waals surface area (Å²) in [5.74, 6) is -0.939. The van der Waals surface area contributed by atoms with Crippen molar-refractivity contribution in [1.29, 1.82) is 0 Å².